The number of carbonyl (C=O) groups excluding carboxylic acids is 1. The first kappa shape index (κ1) is 26.7. The molecule has 1 saturated heterocycles. The fraction of sp³-hybridized carbons (Fsp3) is 0.500. The lowest BCUT2D eigenvalue weighted by Gasteiger charge is -2.42. The van der Waals surface area contributed by atoms with Gasteiger partial charge in [-0.05, 0) is 26.8 Å². The number of nitrogens with one attached hydrogen (secondary N) is 2. The number of carbonyl (C=O) groups is 1. The molecule has 1 aromatic heterocycles. The Bertz CT molecular complexity index is 1350. The first-order chi connectivity index (χ1) is 17.9. The molecule has 0 spiro atoms. The van der Waals surface area contributed by atoms with Crippen molar-refractivity contribution >= 4 is 28.7 Å². The zero-order chi connectivity index (χ0) is 27.5. The number of benzene rings is 1. The van der Waals surface area contributed by atoms with E-state index in [-0.39, 0.29) is 47.5 Å². The van der Waals surface area contributed by atoms with Crippen molar-refractivity contribution in [3.63, 3.8) is 0 Å². The van der Waals surface area contributed by atoms with Crippen LogP contribution in [0.15, 0.2) is 35.3 Å². The van der Waals surface area contributed by atoms with E-state index in [4.69, 9.17) is 12.2 Å². The maximum Gasteiger partial charge on any atom is 0.266 e. The Morgan fingerprint density at radius 2 is 1.84 bits per heavy atom. The van der Waals surface area contributed by atoms with Crippen molar-refractivity contribution in [2.24, 2.45) is 11.8 Å². The van der Waals surface area contributed by atoms with E-state index in [9.17, 15) is 31.5 Å². The van der Waals surface area contributed by atoms with Crippen LogP contribution >= 0.6 is 12.2 Å². The Morgan fingerprint density at radius 1 is 1.16 bits per heavy atom. The Balaban J connectivity index is 1.48. The highest BCUT2D eigenvalue weighted by atomic mass is 32.1. The van der Waals surface area contributed by atoms with Gasteiger partial charge in [0.1, 0.15) is 11.4 Å². The third-order valence-corrected chi connectivity index (χ3v) is 8.57. The summed E-state index contributed by atoms with van der Waals surface area (Å²) in [5.41, 5.74) is -3.27. The fourth-order valence-electron chi connectivity index (χ4n) is 5.64. The summed E-state index contributed by atoms with van der Waals surface area (Å²) < 4.78 is 69.7. The summed E-state index contributed by atoms with van der Waals surface area (Å²) in [6.07, 6.45) is -4.57. The summed E-state index contributed by atoms with van der Waals surface area (Å²) in [5.74, 6) is -1.52. The number of rotatable bonds is 8. The van der Waals surface area contributed by atoms with Crippen molar-refractivity contribution in [2.45, 2.75) is 50.2 Å². The summed E-state index contributed by atoms with van der Waals surface area (Å²) in [7, 11) is 1.97. The monoisotopic (exact) mass is 554 g/mol. The lowest BCUT2D eigenvalue weighted by Crippen LogP contribution is -2.55. The smallest absolute Gasteiger partial charge is 0.266 e. The van der Waals surface area contributed by atoms with Crippen LogP contribution in [0.5, 0.6) is 0 Å². The van der Waals surface area contributed by atoms with Gasteiger partial charge < -0.3 is 20.1 Å². The third-order valence-electron chi connectivity index (χ3n) is 8.01. The van der Waals surface area contributed by atoms with E-state index in [1.54, 1.807) is 0 Å². The van der Waals surface area contributed by atoms with E-state index in [1.165, 1.54) is 19.1 Å². The number of aromatic nitrogens is 1. The van der Waals surface area contributed by atoms with E-state index >= 15 is 0 Å². The van der Waals surface area contributed by atoms with Crippen molar-refractivity contribution in [3.8, 4) is 0 Å². The Kier molecular flexibility index (Phi) is 6.83. The molecule has 38 heavy (non-hydrogen) atoms. The molecule has 1 aliphatic heterocycles. The largest absolute Gasteiger partial charge is 0.377 e. The molecule has 2 saturated carbocycles. The summed E-state index contributed by atoms with van der Waals surface area (Å²) >= 11 is 5.57. The Hall–Kier alpha value is -2.86. The van der Waals surface area contributed by atoms with Gasteiger partial charge in [0.15, 0.2) is 0 Å². The van der Waals surface area contributed by atoms with Crippen molar-refractivity contribution < 1.29 is 26.7 Å². The number of hydrogen-bond donors (Lipinski definition) is 2. The van der Waals surface area contributed by atoms with Gasteiger partial charge in [-0.1, -0.05) is 30.4 Å². The first-order valence-electron chi connectivity index (χ1n) is 12.4. The molecule has 4 atom stereocenters. The Labute approximate surface area is 221 Å². The standard InChI is InChI=1S/C26H27F5N4O2S/c1-12(13-4-3-5-14(20(13)27)23(28)29)32-24(37)17-11-35(26(6-7-26)25(30)31)19(36)8-18(17)33-21-15-9-34(2)10-16(15)22(21)38/h3-5,8,11-12,15-16,21,23,25,33H,6-7,9-10H2,1-2H3,(H,32,37)/t12-,15-,16+,21+/m1/s1. The van der Waals surface area contributed by atoms with Gasteiger partial charge in [0.25, 0.3) is 24.3 Å². The molecule has 204 valence electrons. The molecule has 2 N–H and O–H groups in total. The molecule has 6 nitrogen and oxygen atoms in total. The maximum atomic E-state index is 14.7. The number of amides is 1. The molecule has 0 bridgehead atoms. The van der Waals surface area contributed by atoms with Crippen LogP contribution in [0.3, 0.4) is 0 Å². The van der Waals surface area contributed by atoms with Gasteiger partial charge in [0.2, 0.25) is 0 Å². The van der Waals surface area contributed by atoms with Crippen LogP contribution in [0.2, 0.25) is 0 Å². The molecule has 0 unspecified atom stereocenters. The minimum Gasteiger partial charge on any atom is -0.377 e. The summed E-state index contributed by atoms with van der Waals surface area (Å²) in [4.78, 5) is 29.3. The first-order valence-corrected chi connectivity index (χ1v) is 12.8. The van der Waals surface area contributed by atoms with Crippen LogP contribution in [0.4, 0.5) is 27.6 Å². The highest BCUT2D eigenvalue weighted by Crippen LogP contribution is 2.48. The molecule has 0 radical (unpaired) electrons. The number of halogens is 5. The lowest BCUT2D eigenvalue weighted by molar-refractivity contribution is 0.0648. The van der Waals surface area contributed by atoms with Gasteiger partial charge >= 0.3 is 0 Å². The molecule has 5 rings (SSSR count). The summed E-state index contributed by atoms with van der Waals surface area (Å²) in [5, 5.41) is 5.76. The van der Waals surface area contributed by atoms with Crippen molar-refractivity contribution in [1.29, 1.82) is 0 Å². The van der Waals surface area contributed by atoms with E-state index in [2.05, 4.69) is 15.5 Å². The van der Waals surface area contributed by atoms with Crippen LogP contribution in [0.1, 0.15) is 53.7 Å². The summed E-state index contributed by atoms with van der Waals surface area (Å²) in [6, 6.07) is 3.31. The maximum absolute atomic E-state index is 14.7. The van der Waals surface area contributed by atoms with Gasteiger partial charge in [-0.2, -0.15) is 0 Å². The molecule has 2 heterocycles. The van der Waals surface area contributed by atoms with E-state index in [1.807, 2.05) is 7.05 Å². The van der Waals surface area contributed by atoms with Crippen molar-refractivity contribution in [2.75, 3.05) is 25.5 Å². The van der Waals surface area contributed by atoms with Crippen molar-refractivity contribution in [1.82, 2.24) is 14.8 Å². The highest BCUT2D eigenvalue weighted by Gasteiger charge is 2.54. The quantitative estimate of drug-likeness (QED) is 0.372. The number of thiocarbonyl (C=S) groups is 1. The predicted molar refractivity (Wildman–Crippen MR) is 136 cm³/mol. The second-order valence-corrected chi connectivity index (χ2v) is 10.9. The lowest BCUT2D eigenvalue weighted by atomic mass is 9.71. The van der Waals surface area contributed by atoms with Crippen LogP contribution in [-0.2, 0) is 5.54 Å². The van der Waals surface area contributed by atoms with Crippen LogP contribution in [0.25, 0.3) is 0 Å². The van der Waals surface area contributed by atoms with E-state index in [0.29, 0.717) is 0 Å². The van der Waals surface area contributed by atoms with Crippen LogP contribution in [-0.4, -0.2) is 52.8 Å². The number of hydrogen-bond acceptors (Lipinski definition) is 5. The van der Waals surface area contributed by atoms with Gasteiger partial charge in [0.05, 0.1) is 28.9 Å². The topological polar surface area (TPSA) is 66.4 Å². The number of fused-ring (bicyclic) bond motifs is 1. The highest BCUT2D eigenvalue weighted by molar-refractivity contribution is 7.80. The zero-order valence-corrected chi connectivity index (χ0v) is 21.5. The molecular weight excluding hydrogens is 527 g/mol. The second-order valence-electron chi connectivity index (χ2n) is 10.5. The van der Waals surface area contributed by atoms with Crippen LogP contribution < -0.4 is 16.2 Å². The summed E-state index contributed by atoms with van der Waals surface area (Å²) in [6.45, 7) is 3.01. The van der Waals surface area contributed by atoms with E-state index < -0.39 is 47.3 Å². The predicted octanol–water partition coefficient (Wildman–Crippen LogP) is 4.51. The number of anilines is 1. The molecule has 3 aliphatic rings. The van der Waals surface area contributed by atoms with Gasteiger partial charge in [0, 0.05) is 47.6 Å². The number of likely N-dealkylation sites (tertiary alicyclic amines) is 1. The molecule has 2 aliphatic carbocycles. The average molecular weight is 555 g/mol. The van der Waals surface area contributed by atoms with E-state index in [0.717, 1.165) is 40.9 Å². The van der Waals surface area contributed by atoms with Crippen LogP contribution in [0, 0.1) is 17.7 Å². The number of alkyl halides is 4. The molecule has 1 aromatic carbocycles. The van der Waals surface area contributed by atoms with Gasteiger partial charge in [-0.25, -0.2) is 22.0 Å². The normalized spacial score (nSPS) is 24.8. The minimum absolute atomic E-state index is 0.0865. The fourth-order valence-corrected chi connectivity index (χ4v) is 6.12. The molecule has 12 heteroatoms. The number of nitrogens with zero attached hydrogens (tertiary/aromatic N) is 2. The third kappa shape index (κ3) is 4.41. The SMILES string of the molecule is C[C@@H](NC(=O)c1cn(C2(C(F)F)CC2)c(=O)cc1N[C@@H]1C(=S)[C@H]2CN(C)C[C@H]21)c1cccc(C(F)F)c1F. The van der Waals surface area contributed by atoms with Gasteiger partial charge in [-0.15, -0.1) is 0 Å². The number of pyridine rings is 1. The van der Waals surface area contributed by atoms with Crippen molar-refractivity contribution in [3.05, 3.63) is 63.3 Å². The molecular formula is C26H27F5N4O2S. The Morgan fingerprint density at radius 3 is 2.47 bits per heavy atom. The molecule has 2 aromatic rings. The second kappa shape index (κ2) is 9.71. The van der Waals surface area contributed by atoms with Gasteiger partial charge in [-0.3, -0.25) is 9.59 Å². The zero-order valence-electron chi connectivity index (χ0n) is 20.7. The minimum atomic E-state index is -3.04. The molecule has 3 fully saturated rings. The average Bonchev–Trinajstić information content (AvgIpc) is 3.59. The molecule has 1 amide bonds.